The average molecular weight is 278 g/mol. The summed E-state index contributed by atoms with van der Waals surface area (Å²) in [5.41, 5.74) is 0.693. The third-order valence-corrected chi connectivity index (χ3v) is 3.09. The first-order valence-electron chi connectivity index (χ1n) is 6.53. The zero-order chi connectivity index (χ0) is 14.4. The van der Waals surface area contributed by atoms with Crippen molar-refractivity contribution in [3.63, 3.8) is 0 Å². The van der Waals surface area contributed by atoms with Crippen LogP contribution >= 0.6 is 0 Å². The highest BCUT2D eigenvalue weighted by atomic mass is 16.5. The Kier molecular flexibility index (Phi) is 5.01. The first-order chi connectivity index (χ1) is 9.70. The third kappa shape index (κ3) is 3.74. The summed E-state index contributed by atoms with van der Waals surface area (Å²) >= 11 is 0. The van der Waals surface area contributed by atoms with Gasteiger partial charge >= 0.3 is 5.97 Å². The highest BCUT2D eigenvalue weighted by molar-refractivity contribution is 5.86. The molecule has 0 amide bonds. The van der Waals surface area contributed by atoms with Crippen LogP contribution in [0.4, 0.5) is 0 Å². The van der Waals surface area contributed by atoms with Crippen LogP contribution in [0, 0.1) is 0 Å². The topological polar surface area (TPSA) is 65.0 Å². The molecule has 1 saturated heterocycles. The first kappa shape index (κ1) is 14.4. The van der Waals surface area contributed by atoms with Gasteiger partial charge < -0.3 is 19.3 Å². The lowest BCUT2D eigenvalue weighted by molar-refractivity contribution is -0.131. The fraction of sp³-hybridized carbons (Fsp3) is 0.400. The molecule has 0 unspecified atom stereocenters. The zero-order valence-electron chi connectivity index (χ0n) is 11.4. The summed E-state index contributed by atoms with van der Waals surface area (Å²) < 4.78 is 16.6. The Morgan fingerprint density at radius 1 is 1.40 bits per heavy atom. The van der Waals surface area contributed by atoms with Crippen molar-refractivity contribution in [3.8, 4) is 11.5 Å². The van der Waals surface area contributed by atoms with Gasteiger partial charge in [0.05, 0.1) is 20.3 Å². The summed E-state index contributed by atoms with van der Waals surface area (Å²) in [6.45, 7) is 1.36. The van der Waals surface area contributed by atoms with Gasteiger partial charge in [0.2, 0.25) is 0 Å². The number of rotatable bonds is 5. The minimum Gasteiger partial charge on any atom is -0.493 e. The molecular formula is C15H18O5. The van der Waals surface area contributed by atoms with Crippen molar-refractivity contribution in [2.24, 2.45) is 0 Å². The predicted octanol–water partition coefficient (Wildman–Crippen LogP) is 2.35. The summed E-state index contributed by atoms with van der Waals surface area (Å²) in [6, 6.07) is 5.40. The molecule has 1 aliphatic rings. The van der Waals surface area contributed by atoms with Crippen molar-refractivity contribution in [2.75, 3.05) is 20.3 Å². The Balaban J connectivity index is 2.24. The van der Waals surface area contributed by atoms with Gasteiger partial charge in [-0.25, -0.2) is 4.79 Å². The molecule has 1 aromatic carbocycles. The van der Waals surface area contributed by atoms with Crippen LogP contribution in [0.1, 0.15) is 18.4 Å². The molecule has 0 aromatic heterocycles. The zero-order valence-corrected chi connectivity index (χ0v) is 11.4. The van der Waals surface area contributed by atoms with E-state index in [1.807, 2.05) is 0 Å². The number of ether oxygens (including phenoxy) is 3. The molecule has 5 nitrogen and oxygen atoms in total. The lowest BCUT2D eigenvalue weighted by atomic mass is 10.1. The molecule has 2 rings (SSSR count). The Morgan fingerprint density at radius 2 is 2.15 bits per heavy atom. The second kappa shape index (κ2) is 6.96. The van der Waals surface area contributed by atoms with Gasteiger partial charge in [0.25, 0.3) is 0 Å². The van der Waals surface area contributed by atoms with Crippen molar-refractivity contribution in [3.05, 3.63) is 29.8 Å². The van der Waals surface area contributed by atoms with Crippen LogP contribution in [0.25, 0.3) is 6.08 Å². The number of methoxy groups -OCH3 is 1. The van der Waals surface area contributed by atoms with E-state index in [9.17, 15) is 4.79 Å². The quantitative estimate of drug-likeness (QED) is 0.837. The molecule has 20 heavy (non-hydrogen) atoms. The predicted molar refractivity (Wildman–Crippen MR) is 74.1 cm³/mol. The maximum Gasteiger partial charge on any atom is 0.328 e. The van der Waals surface area contributed by atoms with Crippen LogP contribution in [0.2, 0.25) is 0 Å². The van der Waals surface area contributed by atoms with E-state index < -0.39 is 5.97 Å². The van der Waals surface area contributed by atoms with E-state index >= 15 is 0 Å². The molecule has 0 spiro atoms. The fourth-order valence-corrected chi connectivity index (χ4v) is 2.07. The second-order valence-electron chi connectivity index (χ2n) is 4.48. The molecule has 0 radical (unpaired) electrons. The number of benzene rings is 1. The molecule has 1 aliphatic heterocycles. The van der Waals surface area contributed by atoms with Gasteiger partial charge in [-0.3, -0.25) is 0 Å². The van der Waals surface area contributed by atoms with Crippen molar-refractivity contribution >= 4 is 12.0 Å². The number of carboxylic acids is 1. The van der Waals surface area contributed by atoms with E-state index in [0.717, 1.165) is 18.9 Å². The van der Waals surface area contributed by atoms with E-state index in [1.54, 1.807) is 25.3 Å². The van der Waals surface area contributed by atoms with Crippen LogP contribution in [-0.4, -0.2) is 37.5 Å². The van der Waals surface area contributed by atoms with Gasteiger partial charge in [0, 0.05) is 24.5 Å². The fourth-order valence-electron chi connectivity index (χ4n) is 2.07. The summed E-state index contributed by atoms with van der Waals surface area (Å²) in [5, 5.41) is 8.74. The number of aliphatic carboxylic acids is 1. The minimum atomic E-state index is -0.996. The Hall–Kier alpha value is -2.01. The van der Waals surface area contributed by atoms with E-state index in [4.69, 9.17) is 19.3 Å². The summed E-state index contributed by atoms with van der Waals surface area (Å²) in [6.07, 6.45) is 4.31. The smallest absolute Gasteiger partial charge is 0.328 e. The van der Waals surface area contributed by atoms with Crippen LogP contribution in [-0.2, 0) is 9.53 Å². The molecule has 0 atom stereocenters. The van der Waals surface area contributed by atoms with Gasteiger partial charge in [0.15, 0.2) is 11.5 Å². The first-order valence-corrected chi connectivity index (χ1v) is 6.53. The molecule has 108 valence electrons. The lowest BCUT2D eigenvalue weighted by Crippen LogP contribution is -2.26. The van der Waals surface area contributed by atoms with Crippen molar-refractivity contribution in [2.45, 2.75) is 18.9 Å². The number of hydrogen-bond donors (Lipinski definition) is 1. The third-order valence-electron chi connectivity index (χ3n) is 3.09. The average Bonchev–Trinajstić information content (AvgIpc) is 2.47. The van der Waals surface area contributed by atoms with E-state index in [2.05, 4.69) is 0 Å². The van der Waals surface area contributed by atoms with Gasteiger partial charge in [0.1, 0.15) is 6.10 Å². The van der Waals surface area contributed by atoms with Crippen LogP contribution in [0.15, 0.2) is 24.3 Å². The molecule has 0 aliphatic carbocycles. The molecule has 1 fully saturated rings. The van der Waals surface area contributed by atoms with Gasteiger partial charge in [-0.1, -0.05) is 12.1 Å². The van der Waals surface area contributed by atoms with Crippen molar-refractivity contribution in [1.82, 2.24) is 0 Å². The molecule has 0 bridgehead atoms. The summed E-state index contributed by atoms with van der Waals surface area (Å²) in [7, 11) is 1.57. The summed E-state index contributed by atoms with van der Waals surface area (Å²) in [5.74, 6) is 0.188. The Bertz CT molecular complexity index is 489. The van der Waals surface area contributed by atoms with E-state index in [0.29, 0.717) is 30.3 Å². The minimum absolute atomic E-state index is 0.0667. The highest BCUT2D eigenvalue weighted by Gasteiger charge is 2.19. The maximum atomic E-state index is 10.7. The molecule has 5 heteroatoms. The van der Waals surface area contributed by atoms with Gasteiger partial charge in [-0.15, -0.1) is 0 Å². The van der Waals surface area contributed by atoms with Crippen LogP contribution < -0.4 is 9.47 Å². The van der Waals surface area contributed by atoms with Crippen LogP contribution in [0.5, 0.6) is 11.5 Å². The van der Waals surface area contributed by atoms with E-state index in [-0.39, 0.29) is 6.10 Å². The lowest BCUT2D eigenvalue weighted by Gasteiger charge is -2.25. The van der Waals surface area contributed by atoms with E-state index in [1.165, 1.54) is 6.08 Å². The van der Waals surface area contributed by atoms with Gasteiger partial charge in [-0.2, -0.15) is 0 Å². The molecule has 1 N–H and O–H groups in total. The molecule has 1 heterocycles. The number of hydrogen-bond acceptors (Lipinski definition) is 4. The number of carboxylic acid groups (broad SMARTS) is 1. The van der Waals surface area contributed by atoms with Crippen LogP contribution in [0.3, 0.4) is 0 Å². The van der Waals surface area contributed by atoms with Crippen molar-refractivity contribution < 1.29 is 24.1 Å². The maximum absolute atomic E-state index is 10.7. The molecular weight excluding hydrogens is 260 g/mol. The largest absolute Gasteiger partial charge is 0.493 e. The SMILES string of the molecule is COc1cccc(C=CC(=O)O)c1OC1CCOCC1. The number of carbonyl (C=O) groups is 1. The number of para-hydroxylation sites is 1. The second-order valence-corrected chi connectivity index (χ2v) is 4.48. The monoisotopic (exact) mass is 278 g/mol. The summed E-state index contributed by atoms with van der Waals surface area (Å²) in [4.78, 5) is 10.7. The molecule has 0 saturated carbocycles. The Labute approximate surface area is 117 Å². The highest BCUT2D eigenvalue weighted by Crippen LogP contribution is 2.34. The Morgan fingerprint density at radius 3 is 2.80 bits per heavy atom. The molecule has 1 aromatic rings. The van der Waals surface area contributed by atoms with Gasteiger partial charge in [-0.05, 0) is 12.1 Å². The standard InChI is InChI=1S/C15H18O5/c1-18-13-4-2-3-11(5-6-14(16)17)15(13)20-12-7-9-19-10-8-12/h2-6,12H,7-10H2,1H3,(H,16,17). The normalized spacial score (nSPS) is 16.2. The van der Waals surface area contributed by atoms with Crippen molar-refractivity contribution in [1.29, 1.82) is 0 Å².